The van der Waals surface area contributed by atoms with Gasteiger partial charge >= 0.3 is 6.03 Å². The molecule has 0 atom stereocenters. The van der Waals surface area contributed by atoms with E-state index in [0.29, 0.717) is 36.4 Å². The standard InChI is InChI=1S/C14H18N6O3/c1-3-19(2)14(21)16-7-6-15-13-11-8-10(20(22)23)4-5-12(11)17-9-18-13/h4-5,8-9H,3,6-7H2,1-2H3,(H,16,21)(H,15,17,18). The first-order valence-electron chi connectivity index (χ1n) is 7.15. The lowest BCUT2D eigenvalue weighted by Gasteiger charge is -2.15. The van der Waals surface area contributed by atoms with Gasteiger partial charge in [0.15, 0.2) is 0 Å². The second-order valence-electron chi connectivity index (χ2n) is 4.85. The van der Waals surface area contributed by atoms with Crippen molar-refractivity contribution in [2.75, 3.05) is 32.0 Å². The highest BCUT2D eigenvalue weighted by Crippen LogP contribution is 2.23. The van der Waals surface area contributed by atoms with Crippen LogP contribution in [0.5, 0.6) is 0 Å². The molecule has 2 rings (SSSR count). The summed E-state index contributed by atoms with van der Waals surface area (Å²) in [5.41, 5.74) is 0.594. The number of fused-ring (bicyclic) bond motifs is 1. The number of nitrogens with zero attached hydrogens (tertiary/aromatic N) is 4. The fraction of sp³-hybridized carbons (Fsp3) is 0.357. The van der Waals surface area contributed by atoms with Crippen LogP contribution in [-0.4, -0.2) is 52.5 Å². The summed E-state index contributed by atoms with van der Waals surface area (Å²) in [5, 5.41) is 17.3. The highest BCUT2D eigenvalue weighted by Gasteiger charge is 2.10. The van der Waals surface area contributed by atoms with Gasteiger partial charge in [-0.2, -0.15) is 0 Å². The summed E-state index contributed by atoms with van der Waals surface area (Å²) >= 11 is 0. The quantitative estimate of drug-likeness (QED) is 0.475. The van der Waals surface area contributed by atoms with Crippen LogP contribution in [0.25, 0.3) is 10.9 Å². The number of nitro groups is 1. The lowest BCUT2D eigenvalue weighted by molar-refractivity contribution is -0.384. The van der Waals surface area contributed by atoms with E-state index in [-0.39, 0.29) is 11.7 Å². The molecule has 2 N–H and O–H groups in total. The van der Waals surface area contributed by atoms with Crippen molar-refractivity contribution in [3.8, 4) is 0 Å². The van der Waals surface area contributed by atoms with Gasteiger partial charge in [-0.05, 0) is 13.0 Å². The Balaban J connectivity index is 2.04. The van der Waals surface area contributed by atoms with Crippen LogP contribution < -0.4 is 10.6 Å². The highest BCUT2D eigenvalue weighted by molar-refractivity contribution is 5.90. The number of nitrogens with one attached hydrogen (secondary N) is 2. The molecule has 0 radical (unpaired) electrons. The molecule has 0 aliphatic carbocycles. The second-order valence-corrected chi connectivity index (χ2v) is 4.85. The Kier molecular flexibility index (Phi) is 5.23. The third-order valence-electron chi connectivity index (χ3n) is 3.34. The zero-order valence-corrected chi connectivity index (χ0v) is 12.9. The number of carbonyl (C=O) groups is 1. The Bertz CT molecular complexity index is 721. The summed E-state index contributed by atoms with van der Waals surface area (Å²) in [6.45, 7) is 3.36. The maximum absolute atomic E-state index is 11.6. The molecule has 23 heavy (non-hydrogen) atoms. The number of nitro benzene ring substituents is 1. The van der Waals surface area contributed by atoms with Crippen LogP contribution >= 0.6 is 0 Å². The number of benzene rings is 1. The van der Waals surface area contributed by atoms with Gasteiger partial charge in [-0.3, -0.25) is 10.1 Å². The van der Waals surface area contributed by atoms with Crippen LogP contribution in [0.1, 0.15) is 6.92 Å². The number of anilines is 1. The van der Waals surface area contributed by atoms with E-state index >= 15 is 0 Å². The molecule has 9 nitrogen and oxygen atoms in total. The lowest BCUT2D eigenvalue weighted by atomic mass is 10.2. The first kappa shape index (κ1) is 16.4. The van der Waals surface area contributed by atoms with Crippen molar-refractivity contribution in [3.63, 3.8) is 0 Å². The Hall–Kier alpha value is -2.97. The van der Waals surface area contributed by atoms with E-state index in [1.54, 1.807) is 18.0 Å². The minimum Gasteiger partial charge on any atom is -0.368 e. The molecule has 1 heterocycles. The van der Waals surface area contributed by atoms with Crippen molar-refractivity contribution in [1.29, 1.82) is 0 Å². The average molecular weight is 318 g/mol. The minimum atomic E-state index is -0.461. The predicted octanol–water partition coefficient (Wildman–Crippen LogP) is 1.61. The molecule has 9 heteroatoms. The molecule has 1 aromatic carbocycles. The summed E-state index contributed by atoms with van der Waals surface area (Å²) in [6.07, 6.45) is 1.39. The van der Waals surface area contributed by atoms with Gasteiger partial charge in [0, 0.05) is 44.2 Å². The SMILES string of the molecule is CCN(C)C(=O)NCCNc1ncnc2ccc([N+](=O)[O-])cc12. The van der Waals surface area contributed by atoms with Crippen LogP contribution in [-0.2, 0) is 0 Å². The van der Waals surface area contributed by atoms with Crippen LogP contribution in [0.4, 0.5) is 16.3 Å². The molecule has 0 saturated carbocycles. The van der Waals surface area contributed by atoms with Gasteiger partial charge in [0.2, 0.25) is 0 Å². The van der Waals surface area contributed by atoms with Gasteiger partial charge in [0.1, 0.15) is 12.1 Å². The molecular formula is C14H18N6O3. The van der Waals surface area contributed by atoms with Crippen molar-refractivity contribution in [3.05, 3.63) is 34.6 Å². The van der Waals surface area contributed by atoms with E-state index in [9.17, 15) is 14.9 Å². The van der Waals surface area contributed by atoms with Crippen molar-refractivity contribution in [2.45, 2.75) is 6.92 Å². The smallest absolute Gasteiger partial charge is 0.317 e. The summed E-state index contributed by atoms with van der Waals surface area (Å²) in [5.74, 6) is 0.497. The molecule has 122 valence electrons. The van der Waals surface area contributed by atoms with Gasteiger partial charge in [0.05, 0.1) is 10.4 Å². The van der Waals surface area contributed by atoms with Gasteiger partial charge in [-0.15, -0.1) is 0 Å². The number of hydrogen-bond donors (Lipinski definition) is 2. The maximum atomic E-state index is 11.6. The van der Waals surface area contributed by atoms with Crippen LogP contribution in [0.15, 0.2) is 24.5 Å². The predicted molar refractivity (Wildman–Crippen MR) is 86.4 cm³/mol. The number of non-ortho nitro benzene ring substituents is 1. The molecule has 0 fully saturated rings. The zero-order chi connectivity index (χ0) is 16.8. The van der Waals surface area contributed by atoms with Crippen LogP contribution in [0, 0.1) is 10.1 Å². The Morgan fingerprint density at radius 1 is 1.35 bits per heavy atom. The molecule has 0 bridgehead atoms. The highest BCUT2D eigenvalue weighted by atomic mass is 16.6. The molecule has 0 aliphatic heterocycles. The Labute approximate surface area is 132 Å². The third-order valence-corrected chi connectivity index (χ3v) is 3.34. The number of amides is 2. The molecule has 2 aromatic rings. The monoisotopic (exact) mass is 318 g/mol. The first-order valence-corrected chi connectivity index (χ1v) is 7.15. The number of rotatable bonds is 6. The van der Waals surface area contributed by atoms with Gasteiger partial charge < -0.3 is 15.5 Å². The van der Waals surface area contributed by atoms with Crippen LogP contribution in [0.2, 0.25) is 0 Å². The normalized spacial score (nSPS) is 10.3. The summed E-state index contributed by atoms with van der Waals surface area (Å²) in [6, 6.07) is 4.26. The van der Waals surface area contributed by atoms with E-state index in [2.05, 4.69) is 20.6 Å². The van der Waals surface area contributed by atoms with E-state index in [4.69, 9.17) is 0 Å². The van der Waals surface area contributed by atoms with Crippen LogP contribution in [0.3, 0.4) is 0 Å². The molecule has 0 aliphatic rings. The second kappa shape index (κ2) is 7.34. The minimum absolute atomic E-state index is 0.0202. The topological polar surface area (TPSA) is 113 Å². The number of aromatic nitrogens is 2. The number of carbonyl (C=O) groups excluding carboxylic acids is 1. The summed E-state index contributed by atoms with van der Waals surface area (Å²) in [7, 11) is 1.71. The largest absolute Gasteiger partial charge is 0.368 e. The maximum Gasteiger partial charge on any atom is 0.317 e. The molecule has 0 unspecified atom stereocenters. The summed E-state index contributed by atoms with van der Waals surface area (Å²) < 4.78 is 0. The Morgan fingerprint density at radius 2 is 2.13 bits per heavy atom. The van der Waals surface area contributed by atoms with Crippen molar-refractivity contribution < 1.29 is 9.72 Å². The van der Waals surface area contributed by atoms with Crippen molar-refractivity contribution in [2.24, 2.45) is 0 Å². The lowest BCUT2D eigenvalue weighted by Crippen LogP contribution is -2.39. The molecule has 2 amide bonds. The van der Waals surface area contributed by atoms with Gasteiger partial charge in [0.25, 0.3) is 5.69 Å². The van der Waals surface area contributed by atoms with E-state index < -0.39 is 4.92 Å². The fourth-order valence-corrected chi connectivity index (χ4v) is 1.93. The van der Waals surface area contributed by atoms with Crippen molar-refractivity contribution in [1.82, 2.24) is 20.2 Å². The average Bonchev–Trinajstić information content (AvgIpc) is 2.57. The third kappa shape index (κ3) is 4.02. The summed E-state index contributed by atoms with van der Waals surface area (Å²) in [4.78, 5) is 31.8. The number of hydrogen-bond acceptors (Lipinski definition) is 6. The molecule has 0 saturated heterocycles. The van der Waals surface area contributed by atoms with Gasteiger partial charge in [-0.25, -0.2) is 14.8 Å². The van der Waals surface area contributed by atoms with E-state index in [1.807, 2.05) is 6.92 Å². The van der Waals surface area contributed by atoms with E-state index in [0.717, 1.165) is 0 Å². The fourth-order valence-electron chi connectivity index (χ4n) is 1.93. The first-order chi connectivity index (χ1) is 11.0. The van der Waals surface area contributed by atoms with E-state index in [1.165, 1.54) is 18.5 Å². The van der Waals surface area contributed by atoms with Crippen molar-refractivity contribution >= 4 is 28.4 Å². The Morgan fingerprint density at radius 3 is 2.83 bits per heavy atom. The molecular weight excluding hydrogens is 300 g/mol. The molecule has 1 aromatic heterocycles. The van der Waals surface area contributed by atoms with Gasteiger partial charge in [-0.1, -0.05) is 0 Å². The zero-order valence-electron chi connectivity index (χ0n) is 12.9. The molecule has 0 spiro atoms. The number of urea groups is 1.